The lowest BCUT2D eigenvalue weighted by molar-refractivity contribution is -0.117. The number of carbonyl (C=O) groups is 2. The van der Waals surface area contributed by atoms with E-state index >= 15 is 0 Å². The maximum absolute atomic E-state index is 12.4. The molecular formula is C20H21NO4. The molecule has 0 N–H and O–H groups in total. The van der Waals surface area contributed by atoms with Gasteiger partial charge in [-0.05, 0) is 43.7 Å². The van der Waals surface area contributed by atoms with Crippen molar-refractivity contribution in [3.8, 4) is 5.75 Å². The number of carbonyl (C=O) groups excluding carboxylic acids is 2. The van der Waals surface area contributed by atoms with Crippen molar-refractivity contribution in [2.24, 2.45) is 0 Å². The molecule has 0 radical (unpaired) electrons. The number of anilines is 1. The van der Waals surface area contributed by atoms with Crippen LogP contribution in [0, 0.1) is 6.92 Å². The lowest BCUT2D eigenvalue weighted by Gasteiger charge is -2.16. The van der Waals surface area contributed by atoms with Crippen LogP contribution in [0.3, 0.4) is 0 Å². The molecule has 2 aromatic rings. The third-order valence-electron chi connectivity index (χ3n) is 4.26. The van der Waals surface area contributed by atoms with Crippen LogP contribution < -0.4 is 9.64 Å². The van der Waals surface area contributed by atoms with Gasteiger partial charge in [0.1, 0.15) is 12.4 Å². The molecule has 3 rings (SSSR count). The van der Waals surface area contributed by atoms with Crippen molar-refractivity contribution in [2.45, 2.75) is 26.4 Å². The fraction of sp³-hybridized carbons (Fsp3) is 0.300. The second-order valence-electron chi connectivity index (χ2n) is 6.09. The van der Waals surface area contributed by atoms with Crippen LogP contribution in [0.5, 0.6) is 5.75 Å². The maximum Gasteiger partial charge on any atom is 0.338 e. The molecule has 130 valence electrons. The van der Waals surface area contributed by atoms with Gasteiger partial charge in [-0.3, -0.25) is 4.79 Å². The van der Waals surface area contributed by atoms with Crippen molar-refractivity contribution in [1.82, 2.24) is 0 Å². The summed E-state index contributed by atoms with van der Waals surface area (Å²) >= 11 is 0. The van der Waals surface area contributed by atoms with Crippen molar-refractivity contribution >= 4 is 17.6 Å². The smallest absolute Gasteiger partial charge is 0.338 e. The molecule has 1 fully saturated rings. The Hall–Kier alpha value is -2.82. The second-order valence-corrected chi connectivity index (χ2v) is 6.09. The summed E-state index contributed by atoms with van der Waals surface area (Å²) in [6, 6.07) is 12.7. The van der Waals surface area contributed by atoms with E-state index in [1.807, 2.05) is 31.2 Å². The number of ether oxygens (including phenoxy) is 2. The third kappa shape index (κ3) is 3.82. The molecule has 0 atom stereocenters. The molecule has 1 amide bonds. The number of benzene rings is 2. The van der Waals surface area contributed by atoms with Gasteiger partial charge in [0.05, 0.1) is 12.7 Å². The van der Waals surface area contributed by atoms with Crippen LogP contribution in [0.1, 0.15) is 34.3 Å². The van der Waals surface area contributed by atoms with Crippen LogP contribution in [-0.2, 0) is 16.1 Å². The average molecular weight is 339 g/mol. The molecule has 0 unspecified atom stereocenters. The van der Waals surface area contributed by atoms with E-state index in [-0.39, 0.29) is 12.5 Å². The van der Waals surface area contributed by atoms with Crippen LogP contribution in [0.15, 0.2) is 42.5 Å². The Kier molecular flexibility index (Phi) is 5.03. The van der Waals surface area contributed by atoms with Gasteiger partial charge in [0.2, 0.25) is 5.91 Å². The highest BCUT2D eigenvalue weighted by molar-refractivity contribution is 5.97. The van der Waals surface area contributed by atoms with Crippen molar-refractivity contribution in [1.29, 1.82) is 0 Å². The van der Waals surface area contributed by atoms with Crippen LogP contribution >= 0.6 is 0 Å². The van der Waals surface area contributed by atoms with Crippen LogP contribution in [-0.4, -0.2) is 25.5 Å². The Balaban J connectivity index is 1.72. The van der Waals surface area contributed by atoms with E-state index in [4.69, 9.17) is 9.47 Å². The predicted molar refractivity (Wildman–Crippen MR) is 94.9 cm³/mol. The summed E-state index contributed by atoms with van der Waals surface area (Å²) in [4.78, 5) is 26.0. The van der Waals surface area contributed by atoms with Gasteiger partial charge in [-0.1, -0.05) is 17.7 Å². The fourth-order valence-corrected chi connectivity index (χ4v) is 2.97. The minimum atomic E-state index is -0.419. The number of esters is 1. The summed E-state index contributed by atoms with van der Waals surface area (Å²) < 4.78 is 10.7. The van der Waals surface area contributed by atoms with E-state index in [0.717, 1.165) is 23.2 Å². The number of amides is 1. The van der Waals surface area contributed by atoms with E-state index in [9.17, 15) is 9.59 Å². The molecule has 1 aliphatic heterocycles. The van der Waals surface area contributed by atoms with Crippen LogP contribution in [0.25, 0.3) is 0 Å². The van der Waals surface area contributed by atoms with Crippen molar-refractivity contribution in [2.75, 3.05) is 18.6 Å². The Morgan fingerprint density at radius 1 is 1.20 bits per heavy atom. The van der Waals surface area contributed by atoms with Gasteiger partial charge in [-0.15, -0.1) is 0 Å². The van der Waals surface area contributed by atoms with Crippen LogP contribution in [0.4, 0.5) is 5.69 Å². The summed E-state index contributed by atoms with van der Waals surface area (Å²) in [6.45, 7) is 2.80. The first-order valence-corrected chi connectivity index (χ1v) is 8.29. The van der Waals surface area contributed by atoms with Crippen molar-refractivity contribution < 1.29 is 19.1 Å². The van der Waals surface area contributed by atoms with Crippen molar-refractivity contribution in [3.63, 3.8) is 0 Å². The summed E-state index contributed by atoms with van der Waals surface area (Å²) in [5.41, 5.74) is 3.07. The molecule has 25 heavy (non-hydrogen) atoms. The lowest BCUT2D eigenvalue weighted by Crippen LogP contribution is -2.23. The average Bonchev–Trinajstić information content (AvgIpc) is 3.06. The standard InChI is InChI=1S/C20H21NO4/c1-14-8-9-18(24-2)16(11-14)13-25-20(23)15-5-3-6-17(12-15)21-10-4-7-19(21)22/h3,5-6,8-9,11-12H,4,7,10,13H2,1-2H3. The lowest BCUT2D eigenvalue weighted by atomic mass is 10.1. The Morgan fingerprint density at radius 2 is 2.04 bits per heavy atom. The van der Waals surface area contributed by atoms with Crippen LogP contribution in [0.2, 0.25) is 0 Å². The van der Waals surface area contributed by atoms with Gasteiger partial charge >= 0.3 is 5.97 Å². The first-order chi connectivity index (χ1) is 12.1. The highest BCUT2D eigenvalue weighted by Crippen LogP contribution is 2.24. The van der Waals surface area contributed by atoms with E-state index in [0.29, 0.717) is 24.3 Å². The van der Waals surface area contributed by atoms with E-state index in [1.54, 1.807) is 30.2 Å². The van der Waals surface area contributed by atoms with Gasteiger partial charge in [0.15, 0.2) is 0 Å². The molecule has 0 spiro atoms. The van der Waals surface area contributed by atoms with Gasteiger partial charge in [0.25, 0.3) is 0 Å². The van der Waals surface area contributed by atoms with Gasteiger partial charge in [-0.25, -0.2) is 4.79 Å². The molecule has 5 heteroatoms. The molecule has 1 aliphatic rings. The maximum atomic E-state index is 12.4. The van der Waals surface area contributed by atoms with Gasteiger partial charge in [0, 0.05) is 24.2 Å². The largest absolute Gasteiger partial charge is 0.496 e. The monoisotopic (exact) mass is 339 g/mol. The quantitative estimate of drug-likeness (QED) is 0.783. The number of hydrogen-bond acceptors (Lipinski definition) is 4. The Labute approximate surface area is 147 Å². The number of hydrogen-bond donors (Lipinski definition) is 0. The van der Waals surface area contributed by atoms with Crippen molar-refractivity contribution in [3.05, 3.63) is 59.2 Å². The summed E-state index contributed by atoms with van der Waals surface area (Å²) in [5, 5.41) is 0. The van der Waals surface area contributed by atoms with E-state index in [2.05, 4.69) is 0 Å². The Morgan fingerprint density at radius 3 is 2.76 bits per heavy atom. The molecule has 0 saturated carbocycles. The minimum Gasteiger partial charge on any atom is -0.496 e. The third-order valence-corrected chi connectivity index (χ3v) is 4.26. The minimum absolute atomic E-state index is 0.0926. The van der Waals surface area contributed by atoms with E-state index < -0.39 is 5.97 Å². The number of rotatable bonds is 5. The SMILES string of the molecule is COc1ccc(C)cc1COC(=O)c1cccc(N2CCCC2=O)c1. The normalized spacial score (nSPS) is 13.8. The zero-order chi connectivity index (χ0) is 17.8. The summed E-state index contributed by atoms with van der Waals surface area (Å²) in [7, 11) is 1.59. The zero-order valence-corrected chi connectivity index (χ0v) is 14.5. The number of methoxy groups -OCH3 is 1. The summed E-state index contributed by atoms with van der Waals surface area (Å²) in [5.74, 6) is 0.363. The molecule has 2 aromatic carbocycles. The molecule has 0 aromatic heterocycles. The fourth-order valence-electron chi connectivity index (χ4n) is 2.97. The second kappa shape index (κ2) is 7.38. The number of nitrogens with zero attached hydrogens (tertiary/aromatic N) is 1. The Bertz CT molecular complexity index is 800. The first kappa shape index (κ1) is 17.0. The molecule has 1 heterocycles. The highest BCUT2D eigenvalue weighted by Gasteiger charge is 2.22. The predicted octanol–water partition coefficient (Wildman–Crippen LogP) is 3.49. The van der Waals surface area contributed by atoms with E-state index in [1.165, 1.54) is 0 Å². The molecular weight excluding hydrogens is 318 g/mol. The zero-order valence-electron chi connectivity index (χ0n) is 14.5. The first-order valence-electron chi connectivity index (χ1n) is 8.29. The molecule has 0 bridgehead atoms. The van der Waals surface area contributed by atoms with Gasteiger partial charge in [-0.2, -0.15) is 0 Å². The molecule has 1 saturated heterocycles. The summed E-state index contributed by atoms with van der Waals surface area (Å²) in [6.07, 6.45) is 1.41. The highest BCUT2D eigenvalue weighted by atomic mass is 16.5. The molecule has 0 aliphatic carbocycles. The molecule has 5 nitrogen and oxygen atoms in total. The van der Waals surface area contributed by atoms with Gasteiger partial charge < -0.3 is 14.4 Å². The topological polar surface area (TPSA) is 55.8 Å². The number of aryl methyl sites for hydroxylation is 1.